The van der Waals surface area contributed by atoms with Crippen molar-refractivity contribution in [2.45, 2.75) is 39.0 Å². The van der Waals surface area contributed by atoms with E-state index in [0.717, 1.165) is 53.5 Å². The molecule has 0 fully saturated rings. The van der Waals surface area contributed by atoms with Gasteiger partial charge in [0, 0.05) is 11.4 Å². The van der Waals surface area contributed by atoms with Gasteiger partial charge in [0.1, 0.15) is 5.75 Å². The van der Waals surface area contributed by atoms with Crippen molar-refractivity contribution in [2.75, 3.05) is 18.9 Å². The number of fused-ring (bicyclic) bond motifs is 2. The molecule has 3 rings (SSSR count). The first-order valence-corrected chi connectivity index (χ1v) is 8.19. The molecule has 0 amide bonds. The average Bonchev–Trinajstić information content (AvgIpc) is 2.79. The number of anilines is 1. The van der Waals surface area contributed by atoms with Crippen LogP contribution in [0.2, 0.25) is 0 Å². The van der Waals surface area contributed by atoms with Crippen LogP contribution in [0.5, 0.6) is 5.75 Å². The van der Waals surface area contributed by atoms with Crippen LogP contribution in [0.25, 0.3) is 10.9 Å². The molecule has 2 aromatic rings. The van der Waals surface area contributed by atoms with Gasteiger partial charge in [-0.3, -0.25) is 4.98 Å². The topological polar surface area (TPSA) is 74.4 Å². The Morgan fingerprint density at radius 3 is 2.91 bits per heavy atom. The van der Waals surface area contributed by atoms with Crippen LogP contribution in [-0.2, 0) is 22.4 Å². The third-order valence-electron chi connectivity index (χ3n) is 4.19. The molecule has 5 nitrogen and oxygen atoms in total. The predicted molar refractivity (Wildman–Crippen MR) is 89.5 cm³/mol. The normalized spacial score (nSPS) is 14.1. The lowest BCUT2D eigenvalue weighted by Gasteiger charge is -2.15. The Balaban J connectivity index is 1.99. The quantitative estimate of drug-likeness (QED) is 0.693. The number of carbonyl (C=O) groups is 1. The van der Waals surface area contributed by atoms with E-state index in [1.807, 2.05) is 18.2 Å². The minimum atomic E-state index is -0.384. The third-order valence-corrected chi connectivity index (χ3v) is 4.19. The predicted octanol–water partition coefficient (Wildman–Crippen LogP) is 3.03. The summed E-state index contributed by atoms with van der Waals surface area (Å²) >= 11 is 0. The van der Waals surface area contributed by atoms with Gasteiger partial charge in [-0.2, -0.15) is 0 Å². The van der Waals surface area contributed by atoms with Gasteiger partial charge in [0.2, 0.25) is 0 Å². The number of carbonyl (C=O) groups excluding carboxylic acids is 1. The maximum absolute atomic E-state index is 11.5. The van der Waals surface area contributed by atoms with E-state index in [-0.39, 0.29) is 12.6 Å². The number of benzene rings is 1. The lowest BCUT2D eigenvalue weighted by Crippen LogP contribution is -2.15. The highest BCUT2D eigenvalue weighted by Crippen LogP contribution is 2.35. The van der Waals surface area contributed by atoms with Crippen molar-refractivity contribution < 1.29 is 14.3 Å². The largest absolute Gasteiger partial charge is 0.481 e. The fourth-order valence-corrected chi connectivity index (χ4v) is 3.12. The second-order valence-corrected chi connectivity index (χ2v) is 5.76. The minimum absolute atomic E-state index is 0.122. The summed E-state index contributed by atoms with van der Waals surface area (Å²) in [5, 5.41) is 0.803. The second kappa shape index (κ2) is 6.86. The average molecular weight is 314 g/mol. The van der Waals surface area contributed by atoms with Crippen LogP contribution in [0.4, 0.5) is 5.69 Å². The molecule has 0 aliphatic heterocycles. The third kappa shape index (κ3) is 3.23. The Morgan fingerprint density at radius 1 is 1.26 bits per heavy atom. The standard InChI is InChI=1S/C18H22N2O3/c1-2-22-16(21)11-23-15-10-6-9-14-17(15)18(19)12-7-4-3-5-8-13(12)20-14/h6,9-10H,2-5,7-8,11H2,1H3,(H2,19,20). The molecule has 1 aliphatic carbocycles. The smallest absolute Gasteiger partial charge is 0.344 e. The monoisotopic (exact) mass is 314 g/mol. The Bertz CT molecular complexity index is 728. The van der Waals surface area contributed by atoms with Crippen LogP contribution in [0.1, 0.15) is 37.4 Å². The highest BCUT2D eigenvalue weighted by atomic mass is 16.6. The summed E-state index contributed by atoms with van der Waals surface area (Å²) in [6.45, 7) is 1.99. The second-order valence-electron chi connectivity index (χ2n) is 5.76. The number of nitrogen functional groups attached to an aromatic ring is 1. The van der Waals surface area contributed by atoms with E-state index < -0.39 is 0 Å². The van der Waals surface area contributed by atoms with Gasteiger partial charge in [-0.05, 0) is 50.3 Å². The highest BCUT2D eigenvalue weighted by Gasteiger charge is 2.18. The molecule has 0 radical (unpaired) electrons. The number of ether oxygens (including phenoxy) is 2. The van der Waals surface area contributed by atoms with E-state index in [2.05, 4.69) is 0 Å². The molecule has 0 spiro atoms. The Kier molecular flexibility index (Phi) is 4.65. The van der Waals surface area contributed by atoms with Crippen molar-refractivity contribution in [3.8, 4) is 5.75 Å². The Labute approximate surface area is 135 Å². The van der Waals surface area contributed by atoms with E-state index in [1.165, 1.54) is 6.42 Å². The van der Waals surface area contributed by atoms with Crippen molar-refractivity contribution in [2.24, 2.45) is 0 Å². The zero-order valence-electron chi connectivity index (χ0n) is 13.4. The molecule has 2 N–H and O–H groups in total. The van der Waals surface area contributed by atoms with E-state index in [9.17, 15) is 4.79 Å². The Hall–Kier alpha value is -2.30. The number of pyridine rings is 1. The molecule has 5 heteroatoms. The number of esters is 1. The number of hydrogen-bond donors (Lipinski definition) is 1. The molecule has 23 heavy (non-hydrogen) atoms. The van der Waals surface area contributed by atoms with Crippen molar-refractivity contribution in [1.29, 1.82) is 0 Å². The van der Waals surface area contributed by atoms with Crippen molar-refractivity contribution in [3.63, 3.8) is 0 Å². The lowest BCUT2D eigenvalue weighted by atomic mass is 10.0. The summed E-state index contributed by atoms with van der Waals surface area (Å²) in [7, 11) is 0. The van der Waals surface area contributed by atoms with Crippen molar-refractivity contribution in [1.82, 2.24) is 4.98 Å². The van der Waals surface area contributed by atoms with Gasteiger partial charge in [0.15, 0.2) is 6.61 Å². The molecule has 1 aromatic heterocycles. The molecular weight excluding hydrogens is 292 g/mol. The molecule has 1 heterocycles. The maximum Gasteiger partial charge on any atom is 0.344 e. The molecular formula is C18H22N2O3. The number of hydrogen-bond acceptors (Lipinski definition) is 5. The first-order valence-electron chi connectivity index (χ1n) is 8.19. The highest BCUT2D eigenvalue weighted by molar-refractivity contribution is 5.97. The van der Waals surface area contributed by atoms with E-state index in [1.54, 1.807) is 6.92 Å². The summed E-state index contributed by atoms with van der Waals surface area (Å²) in [5.74, 6) is 0.207. The minimum Gasteiger partial charge on any atom is -0.481 e. The van der Waals surface area contributed by atoms with Crippen LogP contribution < -0.4 is 10.5 Å². The summed E-state index contributed by atoms with van der Waals surface area (Å²) in [6.07, 6.45) is 5.43. The fourth-order valence-electron chi connectivity index (χ4n) is 3.12. The van der Waals surface area contributed by atoms with E-state index in [0.29, 0.717) is 12.4 Å². The van der Waals surface area contributed by atoms with Gasteiger partial charge in [0.25, 0.3) is 0 Å². The van der Waals surface area contributed by atoms with Gasteiger partial charge >= 0.3 is 5.97 Å². The van der Waals surface area contributed by atoms with Crippen LogP contribution >= 0.6 is 0 Å². The summed E-state index contributed by atoms with van der Waals surface area (Å²) < 4.78 is 10.5. The van der Waals surface area contributed by atoms with Gasteiger partial charge in [-0.25, -0.2) is 4.79 Å². The molecule has 0 atom stereocenters. The zero-order valence-corrected chi connectivity index (χ0v) is 13.4. The molecule has 122 valence electrons. The fraction of sp³-hybridized carbons (Fsp3) is 0.444. The summed E-state index contributed by atoms with van der Waals surface area (Å²) in [6, 6.07) is 5.63. The molecule has 1 aromatic carbocycles. The SMILES string of the molecule is CCOC(=O)COc1cccc2nc3c(c(N)c12)CCCCC3. The van der Waals surface area contributed by atoms with Gasteiger partial charge in [-0.15, -0.1) is 0 Å². The van der Waals surface area contributed by atoms with Gasteiger partial charge < -0.3 is 15.2 Å². The lowest BCUT2D eigenvalue weighted by molar-refractivity contribution is -0.145. The molecule has 0 saturated carbocycles. The van der Waals surface area contributed by atoms with Crippen LogP contribution in [0.15, 0.2) is 18.2 Å². The molecule has 0 unspecified atom stereocenters. The first kappa shape index (κ1) is 15.6. The van der Waals surface area contributed by atoms with Gasteiger partial charge in [-0.1, -0.05) is 12.5 Å². The van der Waals surface area contributed by atoms with Crippen molar-refractivity contribution >= 4 is 22.6 Å². The van der Waals surface area contributed by atoms with Crippen LogP contribution in [0.3, 0.4) is 0 Å². The number of rotatable bonds is 4. The summed E-state index contributed by atoms with van der Waals surface area (Å²) in [5.41, 5.74) is 10.3. The summed E-state index contributed by atoms with van der Waals surface area (Å²) in [4.78, 5) is 16.3. The number of nitrogens with zero attached hydrogens (tertiary/aromatic N) is 1. The molecule has 0 saturated heterocycles. The molecule has 1 aliphatic rings. The number of aryl methyl sites for hydroxylation is 1. The van der Waals surface area contributed by atoms with E-state index in [4.69, 9.17) is 20.2 Å². The van der Waals surface area contributed by atoms with Crippen LogP contribution in [0, 0.1) is 0 Å². The number of aromatic nitrogens is 1. The maximum atomic E-state index is 11.5. The first-order chi connectivity index (χ1) is 11.2. The zero-order chi connectivity index (χ0) is 16.2. The Morgan fingerprint density at radius 2 is 2.09 bits per heavy atom. The molecule has 0 bridgehead atoms. The van der Waals surface area contributed by atoms with Crippen molar-refractivity contribution in [3.05, 3.63) is 29.5 Å². The van der Waals surface area contributed by atoms with Gasteiger partial charge in [0.05, 0.1) is 17.5 Å². The van der Waals surface area contributed by atoms with E-state index >= 15 is 0 Å². The van der Waals surface area contributed by atoms with Crippen LogP contribution in [-0.4, -0.2) is 24.2 Å². The number of nitrogens with two attached hydrogens (primary N) is 1.